The molecule has 3 heterocycles. The molecule has 0 aliphatic heterocycles. The number of rotatable bonds is 4. The highest BCUT2D eigenvalue weighted by molar-refractivity contribution is 6.30. The monoisotopic (exact) mass is 338 g/mol. The van der Waals surface area contributed by atoms with Crippen molar-refractivity contribution in [3.8, 4) is 5.82 Å². The number of imidazole rings is 1. The third kappa shape index (κ3) is 2.55. The number of aromatic nitrogens is 6. The Balaban J connectivity index is 1.78. The minimum absolute atomic E-state index is 0.627. The fourth-order valence-corrected chi connectivity index (χ4v) is 2.87. The van der Waals surface area contributed by atoms with E-state index in [-0.39, 0.29) is 0 Å². The summed E-state index contributed by atoms with van der Waals surface area (Å²) in [6.45, 7) is 2.70. The zero-order chi connectivity index (χ0) is 16.5. The number of benzene rings is 1. The molecule has 4 aromatic rings. The lowest BCUT2D eigenvalue weighted by molar-refractivity contribution is 0.703. The summed E-state index contributed by atoms with van der Waals surface area (Å²) < 4.78 is 3.85. The Morgan fingerprint density at radius 1 is 1.08 bits per heavy atom. The van der Waals surface area contributed by atoms with Gasteiger partial charge in [0.1, 0.15) is 12.2 Å². The molecule has 0 spiro atoms. The second kappa shape index (κ2) is 6.05. The van der Waals surface area contributed by atoms with Gasteiger partial charge in [0.05, 0.1) is 18.1 Å². The predicted octanol–water partition coefficient (Wildman–Crippen LogP) is 3.28. The van der Waals surface area contributed by atoms with E-state index < -0.39 is 0 Å². The summed E-state index contributed by atoms with van der Waals surface area (Å²) >= 11 is 5.94. The maximum absolute atomic E-state index is 5.94. The molecule has 6 nitrogen and oxygen atoms in total. The summed E-state index contributed by atoms with van der Waals surface area (Å²) in [6, 6.07) is 7.73. The van der Waals surface area contributed by atoms with Crippen molar-refractivity contribution in [2.75, 3.05) is 0 Å². The average molecular weight is 339 g/mol. The first-order chi connectivity index (χ1) is 11.8. The van der Waals surface area contributed by atoms with Crippen LogP contribution in [0.2, 0.25) is 5.02 Å². The Hall–Kier alpha value is -2.73. The van der Waals surface area contributed by atoms with Gasteiger partial charge in [0, 0.05) is 23.8 Å². The van der Waals surface area contributed by atoms with Gasteiger partial charge in [-0.3, -0.25) is 4.57 Å². The van der Waals surface area contributed by atoms with E-state index in [0.29, 0.717) is 6.54 Å². The third-order valence-electron chi connectivity index (χ3n) is 3.92. The van der Waals surface area contributed by atoms with Gasteiger partial charge in [-0.1, -0.05) is 30.7 Å². The molecule has 1 aromatic carbocycles. The summed E-state index contributed by atoms with van der Waals surface area (Å²) in [7, 11) is 0. The molecule has 0 radical (unpaired) electrons. The summed E-state index contributed by atoms with van der Waals surface area (Å²) in [6.07, 6.45) is 7.90. The van der Waals surface area contributed by atoms with Crippen LogP contribution in [0.5, 0.6) is 0 Å². The lowest BCUT2D eigenvalue weighted by Gasteiger charge is -2.07. The standard InChI is InChI=1S/C17H15ClN6/c1-2-15-19-7-8-23(15)16-14-9-22-24(17(14)21-11-20-16)10-12-3-5-13(18)6-4-12/h3-9,11H,2,10H2,1H3. The molecular formula is C17H15ClN6. The number of aryl methyl sites for hydroxylation is 1. The van der Waals surface area contributed by atoms with Crippen molar-refractivity contribution >= 4 is 22.6 Å². The van der Waals surface area contributed by atoms with Crippen LogP contribution >= 0.6 is 11.6 Å². The van der Waals surface area contributed by atoms with Crippen LogP contribution in [0, 0.1) is 0 Å². The Kier molecular flexibility index (Phi) is 3.74. The van der Waals surface area contributed by atoms with Gasteiger partial charge >= 0.3 is 0 Å². The Morgan fingerprint density at radius 2 is 1.92 bits per heavy atom. The lowest BCUT2D eigenvalue weighted by atomic mass is 10.2. The first-order valence-electron chi connectivity index (χ1n) is 7.70. The van der Waals surface area contributed by atoms with Crippen molar-refractivity contribution < 1.29 is 0 Å². The number of hydrogen-bond acceptors (Lipinski definition) is 4. The molecule has 24 heavy (non-hydrogen) atoms. The SMILES string of the molecule is CCc1nccn1-c1ncnc2c1cnn2Cc1ccc(Cl)cc1. The highest BCUT2D eigenvalue weighted by Gasteiger charge is 2.13. The highest BCUT2D eigenvalue weighted by atomic mass is 35.5. The number of hydrogen-bond donors (Lipinski definition) is 0. The van der Waals surface area contributed by atoms with Crippen LogP contribution in [0.3, 0.4) is 0 Å². The maximum Gasteiger partial charge on any atom is 0.163 e. The zero-order valence-electron chi connectivity index (χ0n) is 13.1. The molecule has 0 unspecified atom stereocenters. The van der Waals surface area contributed by atoms with Crippen LogP contribution in [0.4, 0.5) is 0 Å². The van der Waals surface area contributed by atoms with Crippen molar-refractivity contribution in [1.82, 2.24) is 29.3 Å². The number of nitrogens with zero attached hydrogens (tertiary/aromatic N) is 6. The third-order valence-corrected chi connectivity index (χ3v) is 4.17. The second-order valence-electron chi connectivity index (χ2n) is 5.43. The molecule has 0 aliphatic rings. The number of fused-ring (bicyclic) bond motifs is 1. The van der Waals surface area contributed by atoms with Gasteiger partial charge < -0.3 is 0 Å². The average Bonchev–Trinajstić information content (AvgIpc) is 3.24. The van der Waals surface area contributed by atoms with E-state index in [2.05, 4.69) is 27.0 Å². The topological polar surface area (TPSA) is 61.4 Å². The van der Waals surface area contributed by atoms with Gasteiger partial charge in [-0.2, -0.15) is 5.10 Å². The smallest absolute Gasteiger partial charge is 0.163 e. The highest BCUT2D eigenvalue weighted by Crippen LogP contribution is 2.20. The van der Waals surface area contributed by atoms with Crippen molar-refractivity contribution in [2.24, 2.45) is 0 Å². The maximum atomic E-state index is 5.94. The van der Waals surface area contributed by atoms with Crippen molar-refractivity contribution in [3.63, 3.8) is 0 Å². The van der Waals surface area contributed by atoms with Gasteiger partial charge in [-0.25, -0.2) is 19.6 Å². The first kappa shape index (κ1) is 14.8. The normalized spacial score (nSPS) is 11.2. The Labute approximate surface area is 143 Å². The molecule has 120 valence electrons. The molecule has 0 saturated carbocycles. The quantitative estimate of drug-likeness (QED) is 0.573. The molecule has 3 aromatic heterocycles. The lowest BCUT2D eigenvalue weighted by Crippen LogP contribution is -2.05. The van der Waals surface area contributed by atoms with Gasteiger partial charge in [-0.15, -0.1) is 0 Å². The van der Waals surface area contributed by atoms with Crippen molar-refractivity contribution in [2.45, 2.75) is 19.9 Å². The van der Waals surface area contributed by atoms with Crippen LogP contribution in [0.25, 0.3) is 16.9 Å². The zero-order valence-corrected chi connectivity index (χ0v) is 13.9. The Bertz CT molecular complexity index is 986. The molecule has 0 aliphatic carbocycles. The Morgan fingerprint density at radius 3 is 2.71 bits per heavy atom. The van der Waals surface area contributed by atoms with E-state index in [1.807, 2.05) is 39.7 Å². The summed E-state index contributed by atoms with van der Waals surface area (Å²) in [4.78, 5) is 13.2. The van der Waals surface area contributed by atoms with E-state index >= 15 is 0 Å². The van der Waals surface area contributed by atoms with E-state index in [9.17, 15) is 0 Å². The van der Waals surface area contributed by atoms with Gasteiger partial charge in [0.2, 0.25) is 0 Å². The fourth-order valence-electron chi connectivity index (χ4n) is 2.74. The second-order valence-corrected chi connectivity index (χ2v) is 5.87. The van der Waals surface area contributed by atoms with Crippen LogP contribution in [0.15, 0.2) is 49.2 Å². The van der Waals surface area contributed by atoms with Crippen molar-refractivity contribution in [3.05, 3.63) is 65.6 Å². The molecular weight excluding hydrogens is 324 g/mol. The summed E-state index contributed by atoms with van der Waals surface area (Å²) in [5.41, 5.74) is 1.91. The predicted molar refractivity (Wildman–Crippen MR) is 92.4 cm³/mol. The molecule has 7 heteroatoms. The van der Waals surface area contributed by atoms with Crippen LogP contribution < -0.4 is 0 Å². The van der Waals surface area contributed by atoms with Crippen LogP contribution in [-0.4, -0.2) is 29.3 Å². The molecule has 0 amide bonds. The van der Waals surface area contributed by atoms with Gasteiger partial charge in [-0.05, 0) is 17.7 Å². The largest absolute Gasteiger partial charge is 0.287 e. The first-order valence-corrected chi connectivity index (χ1v) is 8.07. The van der Waals surface area contributed by atoms with E-state index in [0.717, 1.165) is 39.7 Å². The summed E-state index contributed by atoms with van der Waals surface area (Å²) in [5.74, 6) is 1.76. The fraction of sp³-hybridized carbons (Fsp3) is 0.176. The molecule has 4 rings (SSSR count). The molecule has 0 atom stereocenters. The van der Waals surface area contributed by atoms with Gasteiger partial charge in [0.15, 0.2) is 11.5 Å². The molecule has 0 bridgehead atoms. The van der Waals surface area contributed by atoms with Gasteiger partial charge in [0.25, 0.3) is 0 Å². The van der Waals surface area contributed by atoms with E-state index in [1.165, 1.54) is 0 Å². The van der Waals surface area contributed by atoms with E-state index in [4.69, 9.17) is 11.6 Å². The summed E-state index contributed by atoms with van der Waals surface area (Å²) in [5, 5.41) is 6.11. The van der Waals surface area contributed by atoms with Crippen LogP contribution in [-0.2, 0) is 13.0 Å². The van der Waals surface area contributed by atoms with E-state index in [1.54, 1.807) is 18.7 Å². The minimum atomic E-state index is 0.627. The molecule has 0 saturated heterocycles. The molecule has 0 fully saturated rings. The van der Waals surface area contributed by atoms with Crippen LogP contribution in [0.1, 0.15) is 18.3 Å². The number of halogens is 1. The van der Waals surface area contributed by atoms with Crippen molar-refractivity contribution in [1.29, 1.82) is 0 Å². The minimum Gasteiger partial charge on any atom is -0.287 e. The molecule has 0 N–H and O–H groups in total.